The first kappa shape index (κ1) is 13.9. The van der Waals surface area contributed by atoms with Gasteiger partial charge in [0.2, 0.25) is 9.84 Å². The molecule has 1 aromatic rings. The molecule has 0 spiro atoms. The van der Waals surface area contributed by atoms with E-state index in [-0.39, 0.29) is 10.6 Å². The minimum absolute atomic E-state index is 0.146. The lowest BCUT2D eigenvalue weighted by atomic mass is 10.2. The van der Waals surface area contributed by atoms with Crippen LogP contribution in [0.3, 0.4) is 0 Å². The summed E-state index contributed by atoms with van der Waals surface area (Å²) in [5, 5.41) is -0.146. The molecule has 0 unspecified atom stereocenters. The highest BCUT2D eigenvalue weighted by atomic mass is 35.5. The summed E-state index contributed by atoms with van der Waals surface area (Å²) < 4.78 is 51.3. The van der Waals surface area contributed by atoms with Gasteiger partial charge in [0.05, 0.1) is 17.6 Å². The molecule has 1 rings (SSSR count). The van der Waals surface area contributed by atoms with Crippen LogP contribution in [-0.2, 0) is 14.6 Å². The second-order valence-corrected chi connectivity index (χ2v) is 5.33. The lowest BCUT2D eigenvalue weighted by Crippen LogP contribution is -2.12. The van der Waals surface area contributed by atoms with Crippen LogP contribution < -0.4 is 0 Å². The van der Waals surface area contributed by atoms with Crippen molar-refractivity contribution in [3.05, 3.63) is 28.8 Å². The third-order valence-corrected chi connectivity index (χ3v) is 3.44. The zero-order chi connectivity index (χ0) is 13.2. The maximum absolute atomic E-state index is 12.3. The van der Waals surface area contributed by atoms with Crippen molar-refractivity contribution >= 4 is 27.4 Å². The fourth-order valence-corrected chi connectivity index (χ4v) is 2.15. The number of methoxy groups -OCH3 is 1. The summed E-state index contributed by atoms with van der Waals surface area (Å²) in [5.41, 5.74) is -0.209. The molecule has 0 N–H and O–H groups in total. The minimum Gasteiger partial charge on any atom is -0.465 e. The molecule has 94 valence electrons. The van der Waals surface area contributed by atoms with Gasteiger partial charge in [0, 0.05) is 5.02 Å². The SMILES string of the molecule is COC(=O)c1cc(Cl)cc(S(=O)(=O)C(F)F)c1. The standard InChI is InChI=1S/C9H7ClF2O4S/c1-16-8(13)5-2-6(10)4-7(3-5)17(14,15)9(11)12/h2-4,9H,1H3. The van der Waals surface area contributed by atoms with E-state index in [1.807, 2.05) is 0 Å². The van der Waals surface area contributed by atoms with Crippen molar-refractivity contribution < 1.29 is 26.7 Å². The molecule has 0 heterocycles. The van der Waals surface area contributed by atoms with E-state index in [2.05, 4.69) is 4.74 Å². The van der Waals surface area contributed by atoms with Crippen LogP contribution in [-0.4, -0.2) is 27.3 Å². The molecule has 0 atom stereocenters. The molecule has 8 heteroatoms. The maximum atomic E-state index is 12.3. The molecule has 4 nitrogen and oxygen atoms in total. The van der Waals surface area contributed by atoms with Gasteiger partial charge in [-0.25, -0.2) is 13.2 Å². The lowest BCUT2D eigenvalue weighted by molar-refractivity contribution is 0.0600. The number of halogens is 3. The Morgan fingerprint density at radius 1 is 1.35 bits per heavy atom. The molecule has 0 amide bonds. The zero-order valence-electron chi connectivity index (χ0n) is 8.48. The summed E-state index contributed by atoms with van der Waals surface area (Å²) in [6.07, 6.45) is 0. The van der Waals surface area contributed by atoms with Crippen molar-refractivity contribution in [3.8, 4) is 0 Å². The topological polar surface area (TPSA) is 60.4 Å². The summed E-state index contributed by atoms with van der Waals surface area (Å²) in [7, 11) is -3.72. The van der Waals surface area contributed by atoms with Gasteiger partial charge in [-0.2, -0.15) is 8.78 Å². The number of carbonyl (C=O) groups excluding carboxylic acids is 1. The number of sulfone groups is 1. The fourth-order valence-electron chi connectivity index (χ4n) is 1.07. The molecule has 17 heavy (non-hydrogen) atoms. The van der Waals surface area contributed by atoms with Gasteiger partial charge >= 0.3 is 11.7 Å². The van der Waals surface area contributed by atoms with E-state index in [1.54, 1.807) is 0 Å². The number of alkyl halides is 2. The zero-order valence-corrected chi connectivity index (χ0v) is 10.1. The van der Waals surface area contributed by atoms with E-state index in [1.165, 1.54) is 0 Å². The van der Waals surface area contributed by atoms with Gasteiger partial charge in [-0.3, -0.25) is 0 Å². The highest BCUT2D eigenvalue weighted by Crippen LogP contribution is 2.24. The summed E-state index contributed by atoms with van der Waals surface area (Å²) in [6.45, 7) is 0. The average molecular weight is 285 g/mol. The summed E-state index contributed by atoms with van der Waals surface area (Å²) in [6, 6.07) is 2.76. The Morgan fingerprint density at radius 3 is 2.41 bits per heavy atom. The normalized spacial score (nSPS) is 11.6. The highest BCUT2D eigenvalue weighted by Gasteiger charge is 2.28. The molecule has 0 radical (unpaired) electrons. The number of hydrogen-bond donors (Lipinski definition) is 0. The highest BCUT2D eigenvalue weighted by molar-refractivity contribution is 7.91. The van der Waals surface area contributed by atoms with Crippen molar-refractivity contribution in [2.75, 3.05) is 7.11 Å². The molecule has 0 fully saturated rings. The van der Waals surface area contributed by atoms with Crippen LogP contribution >= 0.6 is 11.6 Å². The van der Waals surface area contributed by atoms with E-state index in [9.17, 15) is 22.0 Å². The van der Waals surface area contributed by atoms with Crippen molar-refractivity contribution in [3.63, 3.8) is 0 Å². The molecule has 0 bridgehead atoms. The third-order valence-electron chi connectivity index (χ3n) is 1.86. The van der Waals surface area contributed by atoms with Crippen LogP contribution in [0.25, 0.3) is 0 Å². The number of hydrogen-bond acceptors (Lipinski definition) is 4. The van der Waals surface area contributed by atoms with Crippen molar-refractivity contribution in [1.29, 1.82) is 0 Å². The van der Waals surface area contributed by atoms with E-state index >= 15 is 0 Å². The monoisotopic (exact) mass is 284 g/mol. The van der Waals surface area contributed by atoms with Gasteiger partial charge in [-0.05, 0) is 18.2 Å². The number of esters is 1. The number of ether oxygens (including phenoxy) is 1. The molecule has 0 aromatic heterocycles. The van der Waals surface area contributed by atoms with E-state index < -0.39 is 26.5 Å². The average Bonchev–Trinajstić information content (AvgIpc) is 2.26. The first-order chi connectivity index (χ1) is 7.78. The number of rotatable bonds is 3. The Labute approximate surface area is 101 Å². The Balaban J connectivity index is 3.38. The second-order valence-electron chi connectivity index (χ2n) is 2.97. The van der Waals surface area contributed by atoms with Gasteiger partial charge < -0.3 is 4.74 Å². The second kappa shape index (κ2) is 4.97. The molecular formula is C9H7ClF2O4S. The van der Waals surface area contributed by atoms with E-state index in [4.69, 9.17) is 11.6 Å². The Kier molecular flexibility index (Phi) is 4.05. The van der Waals surface area contributed by atoms with Gasteiger partial charge in [0.1, 0.15) is 0 Å². The van der Waals surface area contributed by atoms with Gasteiger partial charge in [-0.15, -0.1) is 0 Å². The maximum Gasteiger partial charge on any atom is 0.341 e. The molecule has 1 aromatic carbocycles. The molecule has 0 aliphatic rings. The van der Waals surface area contributed by atoms with Crippen molar-refractivity contribution in [1.82, 2.24) is 0 Å². The van der Waals surface area contributed by atoms with Crippen molar-refractivity contribution in [2.45, 2.75) is 10.7 Å². The molecule has 0 saturated carbocycles. The Morgan fingerprint density at radius 2 is 1.94 bits per heavy atom. The van der Waals surface area contributed by atoms with Crippen LogP contribution in [0.4, 0.5) is 8.78 Å². The smallest absolute Gasteiger partial charge is 0.341 e. The predicted molar refractivity (Wildman–Crippen MR) is 56.0 cm³/mol. The van der Waals surface area contributed by atoms with Gasteiger partial charge in [0.25, 0.3) is 0 Å². The van der Waals surface area contributed by atoms with Crippen LogP contribution in [0.2, 0.25) is 5.02 Å². The van der Waals surface area contributed by atoms with E-state index in [0.717, 1.165) is 25.3 Å². The lowest BCUT2D eigenvalue weighted by Gasteiger charge is -2.06. The minimum atomic E-state index is -4.79. The molecule has 0 aliphatic heterocycles. The van der Waals surface area contributed by atoms with Crippen molar-refractivity contribution in [2.24, 2.45) is 0 Å². The summed E-state index contributed by atoms with van der Waals surface area (Å²) >= 11 is 5.54. The first-order valence-corrected chi connectivity index (χ1v) is 6.12. The van der Waals surface area contributed by atoms with Gasteiger partial charge in [0.15, 0.2) is 0 Å². The van der Waals surface area contributed by atoms with Gasteiger partial charge in [-0.1, -0.05) is 11.6 Å². The summed E-state index contributed by atoms with van der Waals surface area (Å²) in [5.74, 6) is -4.44. The predicted octanol–water partition coefficient (Wildman–Crippen LogP) is 2.12. The molecular weight excluding hydrogens is 278 g/mol. The Hall–Kier alpha value is -1.21. The van der Waals surface area contributed by atoms with Crippen LogP contribution in [0.5, 0.6) is 0 Å². The quantitative estimate of drug-likeness (QED) is 0.798. The number of carbonyl (C=O) groups is 1. The molecule has 0 aliphatic carbocycles. The Bertz CT molecular complexity index is 542. The molecule has 0 saturated heterocycles. The third kappa shape index (κ3) is 2.92. The number of benzene rings is 1. The first-order valence-electron chi connectivity index (χ1n) is 4.20. The van der Waals surface area contributed by atoms with Crippen LogP contribution in [0, 0.1) is 0 Å². The van der Waals surface area contributed by atoms with Crippen LogP contribution in [0.1, 0.15) is 10.4 Å². The largest absolute Gasteiger partial charge is 0.465 e. The van der Waals surface area contributed by atoms with Crippen LogP contribution in [0.15, 0.2) is 23.1 Å². The van der Waals surface area contributed by atoms with E-state index in [0.29, 0.717) is 0 Å². The summed E-state index contributed by atoms with van der Waals surface area (Å²) in [4.78, 5) is 10.4. The fraction of sp³-hybridized carbons (Fsp3) is 0.222.